The summed E-state index contributed by atoms with van der Waals surface area (Å²) in [5.74, 6) is -0.104. The summed E-state index contributed by atoms with van der Waals surface area (Å²) in [6, 6.07) is 3.09. The highest BCUT2D eigenvalue weighted by Crippen LogP contribution is 2.17. The Bertz CT molecular complexity index is 607. The SMILES string of the molecule is CC(C)(C)OC(=O)N1CCN(C(=O)c2ccc(Cl)nc2N)CC1. The van der Waals surface area contributed by atoms with Crippen LogP contribution in [0.1, 0.15) is 31.1 Å². The Balaban J connectivity index is 1.96. The second-order valence-electron chi connectivity index (χ2n) is 6.33. The van der Waals surface area contributed by atoms with Gasteiger partial charge in [-0.25, -0.2) is 9.78 Å². The van der Waals surface area contributed by atoms with Crippen LogP contribution in [-0.4, -0.2) is 58.6 Å². The third-order valence-electron chi connectivity index (χ3n) is 3.34. The number of carbonyl (C=O) groups is 2. The van der Waals surface area contributed by atoms with Gasteiger partial charge in [-0.1, -0.05) is 11.6 Å². The van der Waals surface area contributed by atoms with E-state index in [2.05, 4.69) is 4.98 Å². The molecule has 1 saturated heterocycles. The van der Waals surface area contributed by atoms with E-state index in [4.69, 9.17) is 22.1 Å². The Hall–Kier alpha value is -2.02. The number of carbonyl (C=O) groups excluding carboxylic acids is 2. The van der Waals surface area contributed by atoms with Crippen molar-refractivity contribution < 1.29 is 14.3 Å². The molecule has 7 nitrogen and oxygen atoms in total. The summed E-state index contributed by atoms with van der Waals surface area (Å²) in [5.41, 5.74) is 5.53. The fourth-order valence-corrected chi connectivity index (χ4v) is 2.37. The lowest BCUT2D eigenvalue weighted by atomic mass is 10.2. The number of pyridine rings is 1. The summed E-state index contributed by atoms with van der Waals surface area (Å²) in [7, 11) is 0. The maximum atomic E-state index is 12.5. The Morgan fingerprint density at radius 2 is 1.74 bits per heavy atom. The molecule has 0 unspecified atom stereocenters. The number of nitrogen functional groups attached to an aromatic ring is 1. The number of halogens is 1. The second-order valence-corrected chi connectivity index (χ2v) is 6.71. The molecule has 126 valence electrons. The first-order valence-electron chi connectivity index (χ1n) is 7.36. The Labute approximate surface area is 140 Å². The van der Waals surface area contributed by atoms with Crippen molar-refractivity contribution >= 4 is 29.4 Å². The van der Waals surface area contributed by atoms with Crippen molar-refractivity contribution in [1.82, 2.24) is 14.8 Å². The maximum absolute atomic E-state index is 12.5. The van der Waals surface area contributed by atoms with Crippen molar-refractivity contribution in [3.63, 3.8) is 0 Å². The standard InChI is InChI=1S/C15H21ClN4O3/c1-15(2,3)23-14(22)20-8-6-19(7-9-20)13(21)10-4-5-11(16)18-12(10)17/h4-5H,6-9H2,1-3H3,(H2,17,18). The predicted molar refractivity (Wildman–Crippen MR) is 87.4 cm³/mol. The average molecular weight is 341 g/mol. The molecular formula is C15H21ClN4O3. The van der Waals surface area contributed by atoms with E-state index in [0.29, 0.717) is 31.7 Å². The van der Waals surface area contributed by atoms with Crippen molar-refractivity contribution in [2.24, 2.45) is 0 Å². The number of ether oxygens (including phenoxy) is 1. The Kier molecular flexibility index (Phi) is 4.99. The van der Waals surface area contributed by atoms with E-state index < -0.39 is 5.60 Å². The van der Waals surface area contributed by atoms with E-state index in [1.54, 1.807) is 15.9 Å². The molecule has 0 saturated carbocycles. The van der Waals surface area contributed by atoms with E-state index >= 15 is 0 Å². The van der Waals surface area contributed by atoms with E-state index in [9.17, 15) is 9.59 Å². The lowest BCUT2D eigenvalue weighted by Gasteiger charge is -2.35. The average Bonchev–Trinajstić information content (AvgIpc) is 2.45. The van der Waals surface area contributed by atoms with Crippen LogP contribution in [0.3, 0.4) is 0 Å². The van der Waals surface area contributed by atoms with Crippen LogP contribution in [-0.2, 0) is 4.74 Å². The topological polar surface area (TPSA) is 88.8 Å². The molecular weight excluding hydrogens is 320 g/mol. The molecule has 1 aliphatic heterocycles. The zero-order valence-corrected chi connectivity index (χ0v) is 14.3. The van der Waals surface area contributed by atoms with Crippen LogP contribution in [0, 0.1) is 0 Å². The molecule has 0 spiro atoms. The summed E-state index contributed by atoms with van der Waals surface area (Å²) in [5, 5.41) is 0.244. The van der Waals surface area contributed by atoms with Crippen molar-refractivity contribution in [2.75, 3.05) is 31.9 Å². The molecule has 1 aromatic heterocycles. The summed E-state index contributed by atoms with van der Waals surface area (Å²) >= 11 is 5.74. The number of hydrogen-bond acceptors (Lipinski definition) is 5. The molecule has 2 rings (SSSR count). The fraction of sp³-hybridized carbons (Fsp3) is 0.533. The first-order chi connectivity index (χ1) is 10.7. The van der Waals surface area contributed by atoms with Crippen LogP contribution in [0.5, 0.6) is 0 Å². The molecule has 0 atom stereocenters. The van der Waals surface area contributed by atoms with Crippen molar-refractivity contribution in [3.8, 4) is 0 Å². The third kappa shape index (κ3) is 4.48. The highest BCUT2D eigenvalue weighted by atomic mass is 35.5. The van der Waals surface area contributed by atoms with Crippen LogP contribution >= 0.6 is 11.6 Å². The third-order valence-corrected chi connectivity index (χ3v) is 3.55. The van der Waals surface area contributed by atoms with Crippen molar-refractivity contribution in [3.05, 3.63) is 22.8 Å². The highest BCUT2D eigenvalue weighted by molar-refractivity contribution is 6.29. The lowest BCUT2D eigenvalue weighted by molar-refractivity contribution is 0.0141. The number of nitrogens with zero attached hydrogens (tertiary/aromatic N) is 3. The van der Waals surface area contributed by atoms with Crippen LogP contribution in [0.25, 0.3) is 0 Å². The monoisotopic (exact) mass is 340 g/mol. The molecule has 1 aromatic rings. The van der Waals surface area contributed by atoms with Gasteiger partial charge >= 0.3 is 6.09 Å². The minimum atomic E-state index is -0.534. The second kappa shape index (κ2) is 6.62. The normalized spacial score (nSPS) is 15.5. The van der Waals surface area contributed by atoms with Crippen LogP contribution in [0.4, 0.5) is 10.6 Å². The van der Waals surface area contributed by atoms with Crippen LogP contribution in [0.2, 0.25) is 5.15 Å². The number of anilines is 1. The smallest absolute Gasteiger partial charge is 0.410 e. The molecule has 0 aliphatic carbocycles. The first-order valence-corrected chi connectivity index (χ1v) is 7.74. The van der Waals surface area contributed by atoms with E-state index in [1.807, 2.05) is 20.8 Å². The summed E-state index contributed by atoms with van der Waals surface area (Å²) in [6.07, 6.45) is -0.364. The zero-order chi connectivity index (χ0) is 17.2. The number of aromatic nitrogens is 1. The van der Waals surface area contributed by atoms with Gasteiger partial charge in [0.1, 0.15) is 16.6 Å². The van der Waals surface area contributed by atoms with Gasteiger partial charge in [0.2, 0.25) is 0 Å². The quantitative estimate of drug-likeness (QED) is 0.790. The van der Waals surface area contributed by atoms with Gasteiger partial charge in [0.25, 0.3) is 5.91 Å². The van der Waals surface area contributed by atoms with E-state index in [1.165, 1.54) is 6.07 Å². The number of nitrogens with two attached hydrogens (primary N) is 1. The molecule has 2 heterocycles. The predicted octanol–water partition coefficient (Wildman–Crippen LogP) is 2.01. The lowest BCUT2D eigenvalue weighted by Crippen LogP contribution is -2.51. The largest absolute Gasteiger partial charge is 0.444 e. The number of piperazine rings is 1. The van der Waals surface area contributed by atoms with Crippen molar-refractivity contribution in [1.29, 1.82) is 0 Å². The molecule has 1 aliphatic rings. The molecule has 2 N–H and O–H groups in total. The molecule has 8 heteroatoms. The maximum Gasteiger partial charge on any atom is 0.410 e. The summed E-state index contributed by atoms with van der Waals surface area (Å²) in [4.78, 5) is 31.6. The van der Waals surface area contributed by atoms with Gasteiger partial charge < -0.3 is 20.3 Å². The van der Waals surface area contributed by atoms with E-state index in [0.717, 1.165) is 0 Å². The van der Waals surface area contributed by atoms with E-state index in [-0.39, 0.29) is 23.0 Å². The van der Waals surface area contributed by atoms with Gasteiger partial charge in [-0.2, -0.15) is 0 Å². The minimum Gasteiger partial charge on any atom is -0.444 e. The number of rotatable bonds is 1. The molecule has 0 radical (unpaired) electrons. The Morgan fingerprint density at radius 3 is 2.26 bits per heavy atom. The van der Waals surface area contributed by atoms with Crippen LogP contribution in [0.15, 0.2) is 12.1 Å². The number of hydrogen-bond donors (Lipinski definition) is 1. The Morgan fingerprint density at radius 1 is 1.17 bits per heavy atom. The summed E-state index contributed by atoms with van der Waals surface area (Å²) in [6.45, 7) is 7.13. The van der Waals surface area contributed by atoms with Gasteiger partial charge in [0.15, 0.2) is 0 Å². The fourth-order valence-electron chi connectivity index (χ4n) is 2.22. The molecule has 0 bridgehead atoms. The van der Waals surface area contributed by atoms with Crippen molar-refractivity contribution in [2.45, 2.75) is 26.4 Å². The highest BCUT2D eigenvalue weighted by Gasteiger charge is 2.28. The molecule has 1 fully saturated rings. The zero-order valence-electron chi connectivity index (χ0n) is 13.5. The first kappa shape index (κ1) is 17.3. The van der Waals surface area contributed by atoms with Gasteiger partial charge in [-0.3, -0.25) is 4.79 Å². The summed E-state index contributed by atoms with van der Waals surface area (Å²) < 4.78 is 5.33. The molecule has 2 amide bonds. The number of amides is 2. The van der Waals surface area contributed by atoms with Gasteiger partial charge in [0.05, 0.1) is 5.56 Å². The van der Waals surface area contributed by atoms with Gasteiger partial charge in [-0.05, 0) is 32.9 Å². The van der Waals surface area contributed by atoms with Gasteiger partial charge in [0, 0.05) is 26.2 Å². The van der Waals surface area contributed by atoms with Crippen LogP contribution < -0.4 is 5.73 Å². The molecule has 0 aromatic carbocycles. The minimum absolute atomic E-state index is 0.108. The van der Waals surface area contributed by atoms with Gasteiger partial charge in [-0.15, -0.1) is 0 Å². The molecule has 23 heavy (non-hydrogen) atoms.